The summed E-state index contributed by atoms with van der Waals surface area (Å²) in [5, 5.41) is 0. The normalized spacial score (nSPS) is 16.1. The van der Waals surface area contributed by atoms with Crippen LogP contribution in [-0.2, 0) is 32.2 Å². The molecule has 10 nitrogen and oxygen atoms in total. The van der Waals surface area contributed by atoms with Crippen molar-refractivity contribution in [1.82, 2.24) is 4.90 Å². The summed E-state index contributed by atoms with van der Waals surface area (Å²) < 4.78 is 46.9. The van der Waals surface area contributed by atoms with Gasteiger partial charge in [0.25, 0.3) is 0 Å². The second kappa shape index (κ2) is 19.4. The molecule has 280 valence electrons. The molecule has 3 aromatic carbocycles. The smallest absolute Gasteiger partial charge is 0.410 e. The molecule has 1 fully saturated rings. The van der Waals surface area contributed by atoms with E-state index in [0.717, 1.165) is 70.9 Å². The maximum Gasteiger partial charge on any atom is 0.410 e. The van der Waals surface area contributed by atoms with Crippen molar-refractivity contribution in [1.29, 1.82) is 0 Å². The van der Waals surface area contributed by atoms with Crippen LogP contribution in [0.25, 0.3) is 11.3 Å². The molecular weight excluding hydrogens is 662 g/mol. The van der Waals surface area contributed by atoms with Gasteiger partial charge < -0.3 is 37.6 Å². The number of rotatable bonds is 18. The first-order valence-corrected chi connectivity index (χ1v) is 18.1. The lowest BCUT2D eigenvalue weighted by Gasteiger charge is -2.41. The van der Waals surface area contributed by atoms with Crippen LogP contribution in [0.15, 0.2) is 89.5 Å². The number of piperidine rings is 1. The first-order valence-electron chi connectivity index (χ1n) is 18.1. The maximum atomic E-state index is 13.6. The van der Waals surface area contributed by atoms with Crippen LogP contribution < -0.4 is 14.2 Å². The number of hydrogen-bond acceptors (Lipinski definition) is 9. The van der Waals surface area contributed by atoms with E-state index >= 15 is 0 Å². The van der Waals surface area contributed by atoms with Crippen molar-refractivity contribution in [2.45, 2.75) is 77.4 Å². The Morgan fingerprint density at radius 3 is 2.38 bits per heavy atom. The molecular formula is C42H53NO9. The van der Waals surface area contributed by atoms with Crippen LogP contribution in [-0.4, -0.2) is 69.9 Å². The lowest BCUT2D eigenvalue weighted by atomic mass is 9.92. The Labute approximate surface area is 307 Å². The first-order chi connectivity index (χ1) is 25.3. The van der Waals surface area contributed by atoms with Crippen LogP contribution in [0.5, 0.6) is 17.2 Å². The molecule has 1 aromatic heterocycles. The average molecular weight is 716 g/mol. The van der Waals surface area contributed by atoms with E-state index in [-0.39, 0.29) is 18.2 Å². The van der Waals surface area contributed by atoms with Crippen LogP contribution in [0.1, 0.15) is 69.2 Å². The van der Waals surface area contributed by atoms with E-state index in [1.54, 1.807) is 25.4 Å². The minimum absolute atomic E-state index is 0.260. The molecule has 0 aliphatic carbocycles. The summed E-state index contributed by atoms with van der Waals surface area (Å²) in [7, 11) is 3.34. The summed E-state index contributed by atoms with van der Waals surface area (Å²) in [4.78, 5) is 15.4. The highest BCUT2D eigenvalue weighted by Gasteiger charge is 2.38. The molecule has 0 spiro atoms. The van der Waals surface area contributed by atoms with Gasteiger partial charge in [0.1, 0.15) is 28.6 Å². The molecule has 1 saturated heterocycles. The molecule has 0 bridgehead atoms. The summed E-state index contributed by atoms with van der Waals surface area (Å²) in [6.07, 6.45) is 4.14. The van der Waals surface area contributed by atoms with Gasteiger partial charge in [0.2, 0.25) is 0 Å². The fourth-order valence-corrected chi connectivity index (χ4v) is 6.17. The number of ether oxygens (including phenoxy) is 7. The van der Waals surface area contributed by atoms with Gasteiger partial charge in [0, 0.05) is 38.7 Å². The molecule has 2 atom stereocenters. The Balaban J connectivity index is 1.24. The van der Waals surface area contributed by atoms with Gasteiger partial charge in [-0.3, -0.25) is 4.90 Å². The molecule has 2 heterocycles. The van der Waals surface area contributed by atoms with Crippen molar-refractivity contribution < 1.29 is 42.4 Å². The van der Waals surface area contributed by atoms with Crippen molar-refractivity contribution in [3.63, 3.8) is 0 Å². The molecule has 1 amide bonds. The third-order valence-corrected chi connectivity index (χ3v) is 8.62. The number of carbonyl (C=O) groups is 1. The van der Waals surface area contributed by atoms with Crippen molar-refractivity contribution >= 4 is 6.09 Å². The molecule has 0 saturated carbocycles. The lowest BCUT2D eigenvalue weighted by molar-refractivity contribution is -0.0600. The maximum absolute atomic E-state index is 13.6. The Morgan fingerprint density at radius 2 is 1.63 bits per heavy atom. The highest BCUT2D eigenvalue weighted by atomic mass is 16.6. The van der Waals surface area contributed by atoms with Gasteiger partial charge >= 0.3 is 6.09 Å². The van der Waals surface area contributed by atoms with Gasteiger partial charge in [-0.25, -0.2) is 4.79 Å². The van der Waals surface area contributed by atoms with Crippen molar-refractivity contribution in [2.24, 2.45) is 0 Å². The minimum Gasteiger partial charge on any atom is -0.496 e. The van der Waals surface area contributed by atoms with E-state index in [1.807, 2.05) is 99.6 Å². The monoisotopic (exact) mass is 715 g/mol. The van der Waals surface area contributed by atoms with E-state index < -0.39 is 5.60 Å². The van der Waals surface area contributed by atoms with Gasteiger partial charge in [-0.05, 0) is 87.2 Å². The Hall–Kier alpha value is -4.51. The lowest BCUT2D eigenvalue weighted by Crippen LogP contribution is -2.47. The molecule has 1 aliphatic rings. The number of methoxy groups -OCH3 is 2. The second-order valence-corrected chi connectivity index (χ2v) is 13.7. The van der Waals surface area contributed by atoms with E-state index in [2.05, 4.69) is 0 Å². The largest absolute Gasteiger partial charge is 0.496 e. The minimum atomic E-state index is -0.626. The van der Waals surface area contributed by atoms with E-state index in [4.69, 9.17) is 37.6 Å². The molecule has 52 heavy (non-hydrogen) atoms. The number of nitrogens with zero attached hydrogens (tertiary/aromatic N) is 1. The highest BCUT2D eigenvalue weighted by Crippen LogP contribution is 2.37. The van der Waals surface area contributed by atoms with Crippen LogP contribution in [0, 0.1) is 0 Å². The molecule has 1 aliphatic heterocycles. The topological polar surface area (TPSA) is 98.1 Å². The number of carbonyl (C=O) groups excluding carboxylic acids is 1. The number of likely N-dealkylation sites (tertiary alicyclic amines) is 1. The Bertz CT molecular complexity index is 1650. The van der Waals surface area contributed by atoms with E-state index in [1.165, 1.54) is 0 Å². The molecule has 4 aromatic rings. The molecule has 0 N–H and O–H groups in total. The summed E-state index contributed by atoms with van der Waals surface area (Å²) in [5.41, 5.74) is 3.18. The van der Waals surface area contributed by atoms with Crippen LogP contribution in [0.4, 0.5) is 4.79 Å². The van der Waals surface area contributed by atoms with Gasteiger partial charge in [-0.2, -0.15) is 0 Å². The second-order valence-electron chi connectivity index (χ2n) is 13.7. The number of furan rings is 1. The fourth-order valence-electron chi connectivity index (χ4n) is 6.17. The third kappa shape index (κ3) is 11.2. The number of benzene rings is 3. The van der Waals surface area contributed by atoms with Crippen LogP contribution in [0.2, 0.25) is 0 Å². The third-order valence-electron chi connectivity index (χ3n) is 8.62. The predicted octanol–water partition coefficient (Wildman–Crippen LogP) is 9.01. The van der Waals surface area contributed by atoms with Crippen LogP contribution >= 0.6 is 0 Å². The van der Waals surface area contributed by atoms with Crippen molar-refractivity contribution in [3.05, 3.63) is 102 Å². The van der Waals surface area contributed by atoms with Crippen molar-refractivity contribution in [2.75, 3.05) is 47.2 Å². The summed E-state index contributed by atoms with van der Waals surface area (Å²) in [5.74, 6) is 3.03. The SMILES string of the molecule is COCCCOc1cc(COC2CCCN(C(=O)OC(C)(C)C)C2c2ccc(OCCCOCc3ccccc3OC)cc2)ccc1-c1ccco1. The molecule has 5 rings (SSSR count). The average Bonchev–Trinajstić information content (AvgIpc) is 3.69. The first kappa shape index (κ1) is 38.7. The molecule has 2 unspecified atom stereocenters. The Kier molecular flexibility index (Phi) is 14.4. The number of para-hydroxylation sites is 1. The van der Waals surface area contributed by atoms with Crippen molar-refractivity contribution in [3.8, 4) is 28.6 Å². The zero-order valence-corrected chi connectivity index (χ0v) is 31.1. The van der Waals surface area contributed by atoms with Crippen LogP contribution in [0.3, 0.4) is 0 Å². The van der Waals surface area contributed by atoms with E-state index in [0.29, 0.717) is 46.2 Å². The predicted molar refractivity (Wildman–Crippen MR) is 199 cm³/mol. The van der Waals surface area contributed by atoms with E-state index in [9.17, 15) is 4.79 Å². The number of hydrogen-bond donors (Lipinski definition) is 0. The zero-order chi connectivity index (χ0) is 36.8. The number of amides is 1. The zero-order valence-electron chi connectivity index (χ0n) is 31.1. The van der Waals surface area contributed by atoms with Gasteiger partial charge in [0.05, 0.1) is 64.1 Å². The molecule has 10 heteroatoms. The molecule has 0 radical (unpaired) electrons. The summed E-state index contributed by atoms with van der Waals surface area (Å²) in [6.45, 7) is 9.26. The highest BCUT2D eigenvalue weighted by molar-refractivity contribution is 5.69. The van der Waals surface area contributed by atoms with Gasteiger partial charge in [0.15, 0.2) is 0 Å². The fraction of sp³-hybridized carbons (Fsp3) is 0.452. The Morgan fingerprint density at radius 1 is 0.846 bits per heavy atom. The quantitative estimate of drug-likeness (QED) is 0.0935. The summed E-state index contributed by atoms with van der Waals surface area (Å²) >= 11 is 0. The summed E-state index contributed by atoms with van der Waals surface area (Å²) in [6, 6.07) is 25.2. The van der Waals surface area contributed by atoms with Gasteiger partial charge in [-0.15, -0.1) is 0 Å². The standard InChI is InChI=1S/C42H53NO9/c1-42(2,3)52-41(44)43-22-8-14-38(51-29-31-16-21-35(37-15-9-25-49-37)39(28-31)50-27-10-23-45-4)40(43)32-17-19-34(20-18-32)48-26-11-24-47-30-33-12-6-7-13-36(33)46-5/h6-7,9,12-13,15-21,25,28,38,40H,8,10-11,14,22-24,26-27,29-30H2,1-5H3. The van der Waals surface area contributed by atoms with Gasteiger partial charge in [-0.1, -0.05) is 36.4 Å².